The molecule has 0 bridgehead atoms. The van der Waals surface area contributed by atoms with Crippen molar-refractivity contribution in [3.05, 3.63) is 0 Å². The molecule has 2 fully saturated rings. The van der Waals surface area contributed by atoms with E-state index in [1.807, 2.05) is 13.8 Å². The molecule has 0 heterocycles. The Hall–Kier alpha value is -0.530. The van der Waals surface area contributed by atoms with Crippen LogP contribution in [0.3, 0.4) is 0 Å². The summed E-state index contributed by atoms with van der Waals surface area (Å²) in [6.07, 6.45) is 5.35. The van der Waals surface area contributed by atoms with E-state index in [9.17, 15) is 4.79 Å². The van der Waals surface area contributed by atoms with Crippen molar-refractivity contribution >= 4 is 5.97 Å². The van der Waals surface area contributed by atoms with E-state index in [1.165, 1.54) is 25.7 Å². The third-order valence-corrected chi connectivity index (χ3v) is 2.90. The number of carbonyl (C=O) groups excluding carboxylic acids is 1. The minimum Gasteiger partial charge on any atom is -0.462 e. The Bertz CT molecular complexity index is 190. The summed E-state index contributed by atoms with van der Waals surface area (Å²) in [7, 11) is 0. The predicted octanol–water partition coefficient (Wildman–Crippen LogP) is 2.37. The van der Waals surface area contributed by atoms with Gasteiger partial charge >= 0.3 is 5.97 Å². The van der Waals surface area contributed by atoms with Crippen LogP contribution in [-0.2, 0) is 9.53 Å². The normalized spacial score (nSPS) is 22.5. The summed E-state index contributed by atoms with van der Waals surface area (Å²) in [4.78, 5) is 11.4. The standard InChI is InChI=1S/C11H18O2/c1-7(2)11(12)13-10(8-3-4-8)9-5-6-9/h7-10H,3-6H2,1-2H3. The summed E-state index contributed by atoms with van der Waals surface area (Å²) in [5.41, 5.74) is 0. The summed E-state index contributed by atoms with van der Waals surface area (Å²) in [6.45, 7) is 3.80. The van der Waals surface area contributed by atoms with Crippen molar-refractivity contribution in [1.82, 2.24) is 0 Å². The highest BCUT2D eigenvalue weighted by molar-refractivity contribution is 5.71. The van der Waals surface area contributed by atoms with Crippen molar-refractivity contribution in [2.75, 3.05) is 0 Å². The van der Waals surface area contributed by atoms with Gasteiger partial charge in [0, 0.05) is 0 Å². The highest BCUT2D eigenvalue weighted by Gasteiger charge is 2.44. The van der Waals surface area contributed by atoms with E-state index in [0.717, 1.165) is 0 Å². The van der Waals surface area contributed by atoms with Gasteiger partial charge in [0.2, 0.25) is 0 Å². The maximum absolute atomic E-state index is 11.4. The van der Waals surface area contributed by atoms with Gasteiger partial charge in [-0.15, -0.1) is 0 Å². The van der Waals surface area contributed by atoms with Crippen LogP contribution < -0.4 is 0 Å². The smallest absolute Gasteiger partial charge is 0.308 e. The van der Waals surface area contributed by atoms with Gasteiger partial charge in [-0.2, -0.15) is 0 Å². The summed E-state index contributed by atoms with van der Waals surface area (Å²) >= 11 is 0. The monoisotopic (exact) mass is 182 g/mol. The second-order valence-corrected chi connectivity index (χ2v) is 4.73. The summed E-state index contributed by atoms with van der Waals surface area (Å²) in [5, 5.41) is 0. The maximum Gasteiger partial charge on any atom is 0.308 e. The van der Waals surface area contributed by atoms with Crippen LogP contribution in [0.2, 0.25) is 0 Å². The molecule has 74 valence electrons. The molecule has 2 saturated carbocycles. The van der Waals surface area contributed by atoms with Gasteiger partial charge in [-0.25, -0.2) is 0 Å². The molecule has 2 rings (SSSR count). The zero-order valence-electron chi connectivity index (χ0n) is 8.45. The van der Waals surface area contributed by atoms with Crippen LogP contribution in [0.4, 0.5) is 0 Å². The average molecular weight is 182 g/mol. The lowest BCUT2D eigenvalue weighted by atomic mass is 10.1. The summed E-state index contributed by atoms with van der Waals surface area (Å²) < 4.78 is 5.52. The predicted molar refractivity (Wildman–Crippen MR) is 50.2 cm³/mol. The molecule has 0 saturated heterocycles. The van der Waals surface area contributed by atoms with Crippen LogP contribution >= 0.6 is 0 Å². The molecule has 2 aliphatic rings. The summed E-state index contributed by atoms with van der Waals surface area (Å²) in [6, 6.07) is 0. The molecule has 0 N–H and O–H groups in total. The Morgan fingerprint density at radius 2 is 1.62 bits per heavy atom. The van der Waals surface area contributed by atoms with Crippen LogP contribution in [0, 0.1) is 17.8 Å². The van der Waals surface area contributed by atoms with Crippen molar-refractivity contribution in [2.45, 2.75) is 45.6 Å². The third-order valence-electron chi connectivity index (χ3n) is 2.90. The van der Waals surface area contributed by atoms with E-state index in [4.69, 9.17) is 4.74 Å². The Morgan fingerprint density at radius 1 is 1.15 bits per heavy atom. The van der Waals surface area contributed by atoms with Crippen LogP contribution in [0.1, 0.15) is 39.5 Å². The van der Waals surface area contributed by atoms with E-state index < -0.39 is 0 Å². The van der Waals surface area contributed by atoms with Gasteiger partial charge in [0.1, 0.15) is 6.10 Å². The molecule has 0 aromatic rings. The zero-order valence-corrected chi connectivity index (χ0v) is 8.45. The zero-order chi connectivity index (χ0) is 9.42. The van der Waals surface area contributed by atoms with Crippen molar-refractivity contribution in [2.24, 2.45) is 17.8 Å². The fourth-order valence-electron chi connectivity index (χ4n) is 1.70. The molecule has 0 spiro atoms. The van der Waals surface area contributed by atoms with Gasteiger partial charge in [0.05, 0.1) is 5.92 Å². The first-order valence-corrected chi connectivity index (χ1v) is 5.39. The Kier molecular flexibility index (Phi) is 2.31. The molecule has 2 aliphatic carbocycles. The van der Waals surface area contributed by atoms with Gasteiger partial charge in [0.15, 0.2) is 0 Å². The highest BCUT2D eigenvalue weighted by atomic mass is 16.5. The minimum atomic E-state index is -0.0104. The average Bonchev–Trinajstić information content (AvgIpc) is 2.90. The number of rotatable bonds is 4. The molecule has 2 nitrogen and oxygen atoms in total. The molecule has 0 aliphatic heterocycles. The van der Waals surface area contributed by atoms with E-state index in [1.54, 1.807) is 0 Å². The van der Waals surface area contributed by atoms with Gasteiger partial charge in [-0.1, -0.05) is 13.8 Å². The molecule has 0 aromatic heterocycles. The molecular formula is C11H18O2. The van der Waals surface area contributed by atoms with Crippen LogP contribution in [0.25, 0.3) is 0 Å². The van der Waals surface area contributed by atoms with Crippen LogP contribution in [-0.4, -0.2) is 12.1 Å². The van der Waals surface area contributed by atoms with Crippen molar-refractivity contribution in [3.8, 4) is 0 Å². The van der Waals surface area contributed by atoms with Gasteiger partial charge in [0.25, 0.3) is 0 Å². The Morgan fingerprint density at radius 3 is 1.92 bits per heavy atom. The number of hydrogen-bond acceptors (Lipinski definition) is 2. The quantitative estimate of drug-likeness (QED) is 0.624. The lowest BCUT2D eigenvalue weighted by molar-refractivity contribution is -0.155. The maximum atomic E-state index is 11.4. The molecule has 0 aromatic carbocycles. The molecule has 0 atom stereocenters. The topological polar surface area (TPSA) is 26.3 Å². The van der Waals surface area contributed by atoms with E-state index in [0.29, 0.717) is 11.8 Å². The molecular weight excluding hydrogens is 164 g/mol. The number of esters is 1. The van der Waals surface area contributed by atoms with Crippen LogP contribution in [0.15, 0.2) is 0 Å². The third kappa shape index (κ3) is 2.23. The minimum absolute atomic E-state index is 0.0104. The second kappa shape index (κ2) is 3.32. The van der Waals surface area contributed by atoms with E-state index in [2.05, 4.69) is 0 Å². The Balaban J connectivity index is 1.85. The first-order valence-electron chi connectivity index (χ1n) is 5.39. The van der Waals surface area contributed by atoms with Crippen molar-refractivity contribution < 1.29 is 9.53 Å². The molecule has 0 radical (unpaired) electrons. The van der Waals surface area contributed by atoms with Crippen molar-refractivity contribution in [3.63, 3.8) is 0 Å². The molecule has 13 heavy (non-hydrogen) atoms. The van der Waals surface area contributed by atoms with Gasteiger partial charge in [-0.3, -0.25) is 4.79 Å². The first kappa shape index (κ1) is 9.04. The lowest BCUT2D eigenvalue weighted by Crippen LogP contribution is -2.25. The largest absolute Gasteiger partial charge is 0.462 e. The molecule has 0 amide bonds. The van der Waals surface area contributed by atoms with E-state index >= 15 is 0 Å². The second-order valence-electron chi connectivity index (χ2n) is 4.73. The van der Waals surface area contributed by atoms with E-state index in [-0.39, 0.29) is 18.0 Å². The fraction of sp³-hybridized carbons (Fsp3) is 0.909. The van der Waals surface area contributed by atoms with Crippen molar-refractivity contribution in [1.29, 1.82) is 0 Å². The highest BCUT2D eigenvalue weighted by Crippen LogP contribution is 2.46. The lowest BCUT2D eigenvalue weighted by Gasteiger charge is -2.17. The Labute approximate surface area is 79.7 Å². The van der Waals surface area contributed by atoms with Gasteiger partial charge in [-0.05, 0) is 37.5 Å². The number of hydrogen-bond donors (Lipinski definition) is 0. The molecule has 2 heteroatoms. The summed E-state index contributed by atoms with van der Waals surface area (Å²) in [5.74, 6) is 1.43. The SMILES string of the molecule is CC(C)C(=O)OC(C1CC1)C1CC1. The molecule has 0 unspecified atom stereocenters. The fourth-order valence-corrected chi connectivity index (χ4v) is 1.70. The number of carbonyl (C=O) groups is 1. The first-order chi connectivity index (χ1) is 6.18. The van der Waals surface area contributed by atoms with Crippen LogP contribution in [0.5, 0.6) is 0 Å². The van der Waals surface area contributed by atoms with Gasteiger partial charge < -0.3 is 4.74 Å². The number of ether oxygens (including phenoxy) is 1.